The molecule has 0 unspecified atom stereocenters. The third-order valence-electron chi connectivity index (χ3n) is 9.57. The number of thiophene rings is 2. The van der Waals surface area contributed by atoms with E-state index < -0.39 is 32.1 Å². The second-order valence-electron chi connectivity index (χ2n) is 13.2. The first-order valence-electron chi connectivity index (χ1n) is 17.1. The van der Waals surface area contributed by atoms with E-state index in [0.717, 1.165) is 22.7 Å². The monoisotopic (exact) mass is 1080 g/mol. The summed E-state index contributed by atoms with van der Waals surface area (Å²) >= 11 is 33.8. The molecule has 0 aliphatic heterocycles. The number of nitrogens with zero attached hydrogens (tertiary/aromatic N) is 4. The van der Waals surface area contributed by atoms with Gasteiger partial charge >= 0.3 is 20.2 Å². The van der Waals surface area contributed by atoms with Crippen LogP contribution in [0.4, 0.5) is 0 Å². The van der Waals surface area contributed by atoms with Gasteiger partial charge in [-0.15, -0.1) is 22.7 Å². The van der Waals surface area contributed by atoms with Gasteiger partial charge in [0.25, 0.3) is 11.8 Å². The number of aromatic nitrogens is 4. The smallest absolute Gasteiger partial charge is 0.305 e. The molecule has 59 heavy (non-hydrogen) atoms. The highest BCUT2D eigenvalue weighted by Gasteiger charge is 2.37. The predicted octanol–water partition coefficient (Wildman–Crippen LogP) is 8.89. The van der Waals surface area contributed by atoms with E-state index in [4.69, 9.17) is 46.4 Å². The first kappa shape index (κ1) is 42.8. The van der Waals surface area contributed by atoms with E-state index in [9.17, 15) is 35.5 Å². The quantitative estimate of drug-likeness (QED) is 0.0758. The zero-order valence-corrected chi connectivity index (χ0v) is 38.9. The molecule has 2 amide bonds. The SMILES string of the molecule is O=C(NCCCNC(=O)c1nn(-c2ccc(Cl)cc2Cl)c2c1CCc1c-2sc(S(=O)(=O)O)c1Br)c1nn(-c2ccc(Cl)cc2Cl)c2c1CCc1c-2sc(S(=O)(=O)O)c1Br. The number of nitrogens with one attached hydrogen (secondary N) is 2. The van der Waals surface area contributed by atoms with Crippen LogP contribution in [0, 0.1) is 0 Å². The standard InChI is InChI=1S/C35H24Br2Cl4N6O8S4/c36-24-16-4-6-18-26(44-46(22-8-2-14(38)12-20(22)40)28(18)30(16)56-34(24)58(50,51)52)32(48)42-10-1-11-43-33(49)27-19-7-5-17-25(37)35(59(53,54)55)57-31(17)29(19)47(45-27)23-9-3-15(39)13-21(23)41/h2-3,8-9,12-13H,1,4-7,10-11H2,(H,42,48)(H,43,49)(H,50,51,52)(H,53,54,55). The molecule has 2 aliphatic carbocycles. The van der Waals surface area contributed by atoms with Gasteiger partial charge in [0.15, 0.2) is 19.8 Å². The van der Waals surface area contributed by atoms with Crippen LogP contribution >= 0.6 is 101 Å². The van der Waals surface area contributed by atoms with E-state index in [1.54, 1.807) is 24.3 Å². The van der Waals surface area contributed by atoms with Gasteiger partial charge in [-0.2, -0.15) is 27.0 Å². The van der Waals surface area contributed by atoms with E-state index in [2.05, 4.69) is 52.7 Å². The molecule has 2 aliphatic rings. The van der Waals surface area contributed by atoms with Crippen LogP contribution in [0.25, 0.3) is 32.5 Å². The lowest BCUT2D eigenvalue weighted by molar-refractivity contribution is 0.0945. The normalized spacial score (nSPS) is 13.4. The van der Waals surface area contributed by atoms with E-state index in [1.165, 1.54) is 21.5 Å². The Morgan fingerprint density at radius 2 is 1.03 bits per heavy atom. The van der Waals surface area contributed by atoms with E-state index in [1.807, 2.05) is 0 Å². The minimum atomic E-state index is -4.56. The van der Waals surface area contributed by atoms with E-state index >= 15 is 0 Å². The number of hydrogen-bond donors (Lipinski definition) is 4. The summed E-state index contributed by atoms with van der Waals surface area (Å²) in [6.07, 6.45) is 1.67. The van der Waals surface area contributed by atoms with Crippen molar-refractivity contribution in [3.63, 3.8) is 0 Å². The van der Waals surface area contributed by atoms with Crippen molar-refractivity contribution in [3.05, 3.63) is 99.1 Å². The highest BCUT2D eigenvalue weighted by atomic mass is 79.9. The van der Waals surface area contributed by atoms with E-state index in [0.29, 0.717) is 96.9 Å². The molecular formula is C35H24Br2Cl4N6O8S4. The van der Waals surface area contributed by atoms with Gasteiger partial charge in [0, 0.05) is 34.3 Å². The van der Waals surface area contributed by atoms with Crippen LogP contribution in [0.3, 0.4) is 0 Å². The van der Waals surface area contributed by atoms with Gasteiger partial charge in [0.2, 0.25) is 0 Å². The first-order valence-corrected chi connectivity index (χ1v) is 24.7. The molecule has 4 heterocycles. The Hall–Kier alpha value is -2.86. The summed E-state index contributed by atoms with van der Waals surface area (Å²) in [5.74, 6) is -1.03. The average Bonchev–Trinajstić information content (AvgIpc) is 3.92. The summed E-state index contributed by atoms with van der Waals surface area (Å²) in [4.78, 5) is 28.5. The topological polar surface area (TPSA) is 203 Å². The molecule has 0 saturated heterocycles. The summed E-state index contributed by atoms with van der Waals surface area (Å²) in [7, 11) is -9.13. The highest BCUT2D eigenvalue weighted by molar-refractivity contribution is 9.11. The molecule has 8 rings (SSSR count). The number of carbonyl (C=O) groups excluding carboxylic acids is 2. The molecule has 14 nitrogen and oxygen atoms in total. The second kappa shape index (κ2) is 16.1. The molecule has 6 aromatic rings. The molecule has 24 heteroatoms. The number of hydrogen-bond acceptors (Lipinski definition) is 10. The molecule has 0 radical (unpaired) electrons. The van der Waals surface area contributed by atoms with Crippen molar-refractivity contribution >= 4 is 133 Å². The largest absolute Gasteiger partial charge is 0.351 e. The van der Waals surface area contributed by atoms with Gasteiger partial charge in [0.05, 0.1) is 51.5 Å². The molecule has 4 N–H and O–H groups in total. The van der Waals surface area contributed by atoms with Crippen molar-refractivity contribution in [3.8, 4) is 32.5 Å². The molecule has 0 atom stereocenters. The summed E-state index contributed by atoms with van der Waals surface area (Å²) in [6.45, 7) is 0.256. The summed E-state index contributed by atoms with van der Waals surface area (Å²) in [5, 5.41) is 16.2. The van der Waals surface area contributed by atoms with Gasteiger partial charge in [-0.05, 0) is 111 Å². The maximum Gasteiger partial charge on any atom is 0.305 e. The maximum atomic E-state index is 13.7. The molecular weight excluding hydrogens is 1060 g/mol. The molecule has 0 fully saturated rings. The Balaban J connectivity index is 1.03. The summed E-state index contributed by atoms with van der Waals surface area (Å²) < 4.78 is 71.6. The van der Waals surface area contributed by atoms with Crippen LogP contribution in [0.5, 0.6) is 0 Å². The number of fused-ring (bicyclic) bond motifs is 6. The Kier molecular flexibility index (Phi) is 11.7. The van der Waals surface area contributed by atoms with Gasteiger partial charge in [-0.3, -0.25) is 18.7 Å². The summed E-state index contributed by atoms with van der Waals surface area (Å²) in [5.41, 5.74) is 4.25. The lowest BCUT2D eigenvalue weighted by atomic mass is 9.94. The fourth-order valence-corrected chi connectivity index (χ4v) is 14.9. The molecule has 2 aromatic carbocycles. The van der Waals surface area contributed by atoms with E-state index in [-0.39, 0.29) is 51.9 Å². The Morgan fingerprint density at radius 1 is 0.661 bits per heavy atom. The van der Waals surface area contributed by atoms with Crippen molar-refractivity contribution in [1.82, 2.24) is 30.2 Å². The van der Waals surface area contributed by atoms with Gasteiger partial charge in [-0.25, -0.2) is 9.36 Å². The minimum absolute atomic E-state index is 0.0911. The van der Waals surface area contributed by atoms with Gasteiger partial charge in [0.1, 0.15) is 0 Å². The molecule has 308 valence electrons. The minimum Gasteiger partial charge on any atom is -0.351 e. The van der Waals surface area contributed by atoms with Crippen molar-refractivity contribution in [1.29, 1.82) is 0 Å². The van der Waals surface area contributed by atoms with Crippen molar-refractivity contribution in [2.24, 2.45) is 0 Å². The van der Waals surface area contributed by atoms with Crippen LogP contribution in [0.1, 0.15) is 49.7 Å². The molecule has 4 aromatic heterocycles. The zero-order valence-electron chi connectivity index (χ0n) is 29.4. The van der Waals surface area contributed by atoms with Crippen LogP contribution < -0.4 is 10.6 Å². The Morgan fingerprint density at radius 3 is 1.39 bits per heavy atom. The van der Waals surface area contributed by atoms with Crippen LogP contribution in [0.2, 0.25) is 20.1 Å². The molecule has 0 bridgehead atoms. The van der Waals surface area contributed by atoms with Crippen molar-refractivity contribution in [2.75, 3.05) is 13.1 Å². The first-order chi connectivity index (χ1) is 27.8. The maximum absolute atomic E-state index is 13.7. The predicted molar refractivity (Wildman–Crippen MR) is 233 cm³/mol. The number of halogens is 6. The lowest BCUT2D eigenvalue weighted by Crippen LogP contribution is -2.31. The fourth-order valence-electron chi connectivity index (χ4n) is 7.02. The number of benzene rings is 2. The summed E-state index contributed by atoms with van der Waals surface area (Å²) in [6, 6.07) is 9.50. The second-order valence-corrected chi connectivity index (χ2v) is 21.8. The Bertz CT molecular complexity index is 2820. The van der Waals surface area contributed by atoms with Gasteiger partial charge in [-0.1, -0.05) is 46.4 Å². The molecule has 0 spiro atoms. The van der Waals surface area contributed by atoms with Crippen LogP contribution in [-0.2, 0) is 45.9 Å². The lowest BCUT2D eigenvalue weighted by Gasteiger charge is -2.16. The number of amides is 2. The number of rotatable bonds is 10. The highest BCUT2D eigenvalue weighted by Crippen LogP contribution is 2.50. The average molecular weight is 1090 g/mol. The fraction of sp³-hybridized carbons (Fsp3) is 0.200. The third-order valence-corrected chi connectivity index (χ3v) is 18.6. The number of carbonyl (C=O) groups is 2. The van der Waals surface area contributed by atoms with Gasteiger partial charge < -0.3 is 10.6 Å². The van der Waals surface area contributed by atoms with Crippen LogP contribution in [-0.4, -0.2) is 70.4 Å². The van der Waals surface area contributed by atoms with Crippen molar-refractivity contribution < 1.29 is 35.5 Å². The third kappa shape index (κ3) is 7.82. The molecule has 0 saturated carbocycles. The zero-order chi connectivity index (χ0) is 42.3. The Labute approximate surface area is 380 Å². The van der Waals surface area contributed by atoms with Crippen molar-refractivity contribution in [2.45, 2.75) is 40.5 Å². The van der Waals surface area contributed by atoms with Crippen LogP contribution in [0.15, 0.2) is 53.8 Å².